The van der Waals surface area contributed by atoms with Gasteiger partial charge in [0.05, 0.1) is 16.1 Å². The van der Waals surface area contributed by atoms with Crippen molar-refractivity contribution >= 4 is 43.4 Å². The SMILES string of the molecule is O=S(=O)(Nc1ccn[nH]1)c1ccc(Cl)c(Br)c1. The molecule has 0 saturated heterocycles. The summed E-state index contributed by atoms with van der Waals surface area (Å²) in [6.45, 7) is 0. The lowest BCUT2D eigenvalue weighted by Gasteiger charge is -2.06. The van der Waals surface area contributed by atoms with Crippen LogP contribution in [0.25, 0.3) is 0 Å². The number of rotatable bonds is 3. The summed E-state index contributed by atoms with van der Waals surface area (Å²) in [6, 6.07) is 5.88. The summed E-state index contributed by atoms with van der Waals surface area (Å²) in [7, 11) is -3.63. The molecule has 1 heterocycles. The molecule has 8 heteroatoms. The van der Waals surface area contributed by atoms with Gasteiger partial charge in [-0.25, -0.2) is 8.42 Å². The van der Waals surface area contributed by atoms with Crippen molar-refractivity contribution in [2.24, 2.45) is 0 Å². The van der Waals surface area contributed by atoms with Crippen molar-refractivity contribution in [1.29, 1.82) is 0 Å². The average Bonchev–Trinajstić information content (AvgIpc) is 2.73. The van der Waals surface area contributed by atoms with Crippen molar-refractivity contribution in [2.45, 2.75) is 4.90 Å². The van der Waals surface area contributed by atoms with Crippen molar-refractivity contribution in [1.82, 2.24) is 10.2 Å². The van der Waals surface area contributed by atoms with E-state index in [-0.39, 0.29) is 4.90 Å². The molecule has 0 aliphatic carbocycles. The Hall–Kier alpha value is -1.05. The first-order valence-electron chi connectivity index (χ1n) is 4.46. The van der Waals surface area contributed by atoms with Gasteiger partial charge in [-0.2, -0.15) is 5.10 Å². The van der Waals surface area contributed by atoms with Crippen molar-refractivity contribution in [2.75, 3.05) is 4.72 Å². The van der Waals surface area contributed by atoms with E-state index in [2.05, 4.69) is 30.8 Å². The Morgan fingerprint density at radius 3 is 2.71 bits per heavy atom. The summed E-state index contributed by atoms with van der Waals surface area (Å²) in [5.41, 5.74) is 0. The Morgan fingerprint density at radius 2 is 2.12 bits per heavy atom. The molecule has 0 spiro atoms. The van der Waals surface area contributed by atoms with Crippen LogP contribution >= 0.6 is 27.5 Å². The van der Waals surface area contributed by atoms with Gasteiger partial charge in [0.25, 0.3) is 10.0 Å². The number of nitrogens with zero attached hydrogens (tertiary/aromatic N) is 1. The van der Waals surface area contributed by atoms with Gasteiger partial charge in [-0.15, -0.1) is 0 Å². The van der Waals surface area contributed by atoms with Crippen LogP contribution in [-0.4, -0.2) is 18.6 Å². The Labute approximate surface area is 111 Å². The zero-order valence-corrected chi connectivity index (χ0v) is 11.5. The molecule has 0 bridgehead atoms. The first-order chi connectivity index (χ1) is 7.99. The van der Waals surface area contributed by atoms with Crippen LogP contribution in [0.1, 0.15) is 0 Å². The Balaban J connectivity index is 2.35. The molecule has 1 aromatic carbocycles. The Bertz CT molecular complexity index is 628. The van der Waals surface area contributed by atoms with Crippen molar-refractivity contribution in [3.8, 4) is 0 Å². The highest BCUT2D eigenvalue weighted by Crippen LogP contribution is 2.26. The Kier molecular flexibility index (Phi) is 3.41. The number of nitrogens with one attached hydrogen (secondary N) is 2. The molecule has 2 N–H and O–H groups in total. The molecule has 0 unspecified atom stereocenters. The number of halogens is 2. The largest absolute Gasteiger partial charge is 0.264 e. The quantitative estimate of drug-likeness (QED) is 0.905. The fraction of sp³-hybridized carbons (Fsp3) is 0. The molecule has 17 heavy (non-hydrogen) atoms. The van der Waals surface area contributed by atoms with Crippen LogP contribution in [0.5, 0.6) is 0 Å². The number of sulfonamides is 1. The normalized spacial score (nSPS) is 11.4. The zero-order valence-electron chi connectivity index (χ0n) is 8.31. The van der Waals surface area contributed by atoms with E-state index >= 15 is 0 Å². The van der Waals surface area contributed by atoms with E-state index in [4.69, 9.17) is 11.6 Å². The van der Waals surface area contributed by atoms with E-state index in [0.29, 0.717) is 15.3 Å². The predicted molar refractivity (Wildman–Crippen MR) is 68.5 cm³/mol. The standard InChI is InChI=1S/C9H7BrClN3O2S/c10-7-5-6(1-2-8(7)11)17(15,16)14-9-3-4-12-13-9/h1-5H,(H2,12,13,14). The van der Waals surface area contributed by atoms with Gasteiger partial charge in [-0.1, -0.05) is 11.6 Å². The third-order valence-electron chi connectivity index (χ3n) is 1.95. The molecule has 0 saturated carbocycles. The highest BCUT2D eigenvalue weighted by molar-refractivity contribution is 9.10. The first kappa shape index (κ1) is 12.4. The van der Waals surface area contributed by atoms with Crippen molar-refractivity contribution in [3.63, 3.8) is 0 Å². The molecule has 90 valence electrons. The highest BCUT2D eigenvalue weighted by Gasteiger charge is 2.15. The number of H-pyrrole nitrogens is 1. The van der Waals surface area contributed by atoms with Crippen molar-refractivity contribution in [3.05, 3.63) is 40.0 Å². The van der Waals surface area contributed by atoms with Gasteiger partial charge < -0.3 is 0 Å². The average molecular weight is 337 g/mol. The van der Waals surface area contributed by atoms with Gasteiger partial charge >= 0.3 is 0 Å². The molecule has 0 aliphatic heterocycles. The molecular formula is C9H7BrClN3O2S. The number of aromatic amines is 1. The summed E-state index contributed by atoms with van der Waals surface area (Å²) in [5, 5.41) is 6.61. The second kappa shape index (κ2) is 4.67. The van der Waals surface area contributed by atoms with E-state index < -0.39 is 10.0 Å². The van der Waals surface area contributed by atoms with Crippen LogP contribution in [-0.2, 0) is 10.0 Å². The fourth-order valence-corrected chi connectivity index (χ4v) is 2.85. The lowest BCUT2D eigenvalue weighted by Crippen LogP contribution is -2.13. The van der Waals surface area contributed by atoms with Crippen LogP contribution in [0.2, 0.25) is 5.02 Å². The minimum absolute atomic E-state index is 0.114. The summed E-state index contributed by atoms with van der Waals surface area (Å²) in [5.74, 6) is 0.302. The van der Waals surface area contributed by atoms with Crippen molar-refractivity contribution < 1.29 is 8.42 Å². The van der Waals surface area contributed by atoms with E-state index in [1.165, 1.54) is 30.5 Å². The maximum absolute atomic E-state index is 11.9. The molecule has 0 amide bonds. The number of anilines is 1. The third kappa shape index (κ3) is 2.80. The minimum Gasteiger partial charge on any atom is -0.264 e. The van der Waals surface area contributed by atoms with Gasteiger partial charge in [0.15, 0.2) is 0 Å². The molecule has 0 aliphatic rings. The van der Waals surface area contributed by atoms with Crippen LogP contribution in [0, 0.1) is 0 Å². The number of hydrogen-bond donors (Lipinski definition) is 2. The first-order valence-corrected chi connectivity index (χ1v) is 7.12. The van der Waals surface area contributed by atoms with E-state index in [0.717, 1.165) is 0 Å². The molecule has 0 fully saturated rings. The summed E-state index contributed by atoms with van der Waals surface area (Å²) in [6.07, 6.45) is 1.45. The summed E-state index contributed by atoms with van der Waals surface area (Å²) >= 11 is 8.97. The third-order valence-corrected chi connectivity index (χ3v) is 4.52. The molecule has 2 rings (SSSR count). The lowest BCUT2D eigenvalue weighted by molar-refractivity contribution is 0.601. The van der Waals surface area contributed by atoms with Crippen LogP contribution in [0.3, 0.4) is 0 Å². The van der Waals surface area contributed by atoms with E-state index in [9.17, 15) is 8.42 Å². The minimum atomic E-state index is -3.63. The second-order valence-electron chi connectivity index (χ2n) is 3.15. The molecule has 5 nitrogen and oxygen atoms in total. The van der Waals surface area contributed by atoms with Crippen LogP contribution in [0.15, 0.2) is 39.8 Å². The maximum atomic E-state index is 11.9. The summed E-state index contributed by atoms with van der Waals surface area (Å²) in [4.78, 5) is 0.114. The lowest BCUT2D eigenvalue weighted by atomic mass is 10.4. The monoisotopic (exact) mass is 335 g/mol. The van der Waals surface area contributed by atoms with Gasteiger partial charge in [0.1, 0.15) is 5.82 Å². The van der Waals surface area contributed by atoms with Gasteiger partial charge in [-0.3, -0.25) is 9.82 Å². The topological polar surface area (TPSA) is 74.8 Å². The zero-order chi connectivity index (χ0) is 12.5. The van der Waals surface area contributed by atoms with Crippen LogP contribution in [0.4, 0.5) is 5.82 Å². The van der Waals surface area contributed by atoms with E-state index in [1.807, 2.05) is 0 Å². The number of hydrogen-bond acceptors (Lipinski definition) is 3. The fourth-order valence-electron chi connectivity index (χ4n) is 1.16. The molecular weight excluding hydrogens is 330 g/mol. The van der Waals surface area contributed by atoms with Gasteiger partial charge in [0.2, 0.25) is 0 Å². The van der Waals surface area contributed by atoms with Crippen LogP contribution < -0.4 is 4.72 Å². The maximum Gasteiger partial charge on any atom is 0.263 e. The number of benzene rings is 1. The highest BCUT2D eigenvalue weighted by atomic mass is 79.9. The summed E-state index contributed by atoms with van der Waals surface area (Å²) < 4.78 is 26.8. The molecule has 1 aromatic heterocycles. The molecule has 0 atom stereocenters. The van der Waals surface area contributed by atoms with Gasteiger partial charge in [-0.05, 0) is 34.1 Å². The predicted octanol–water partition coefficient (Wildman–Crippen LogP) is 2.63. The van der Waals surface area contributed by atoms with E-state index in [1.54, 1.807) is 0 Å². The number of aromatic nitrogens is 2. The van der Waals surface area contributed by atoms with Gasteiger partial charge in [0, 0.05) is 10.5 Å². The second-order valence-corrected chi connectivity index (χ2v) is 6.10. The molecule has 2 aromatic rings. The molecule has 0 radical (unpaired) electrons. The Morgan fingerprint density at radius 1 is 1.35 bits per heavy atom. The smallest absolute Gasteiger partial charge is 0.263 e.